The Bertz CT molecular complexity index is 872. The number of furan rings is 1. The predicted molar refractivity (Wildman–Crippen MR) is 112 cm³/mol. The molecule has 2 saturated heterocycles. The number of rotatable bonds is 6. The van der Waals surface area contributed by atoms with Gasteiger partial charge in [0.25, 0.3) is 5.91 Å². The van der Waals surface area contributed by atoms with Gasteiger partial charge >= 0.3 is 0 Å². The van der Waals surface area contributed by atoms with Gasteiger partial charge in [-0.3, -0.25) is 14.5 Å². The number of carbonyl (C=O) groups excluding carboxylic acids is 2. The standard InChI is InChI=1S/C23H29N3O4/c1-18-5-7-19(8-6-18)29-17-15-26-10-9-23(26,2)22(28)25-13-11-24(12-14-25)21(27)20-4-3-16-30-20/h3-8,16H,9-15,17H2,1-2H3. The maximum Gasteiger partial charge on any atom is 0.289 e. The molecule has 160 valence electrons. The molecule has 1 atom stereocenters. The number of carbonyl (C=O) groups is 2. The molecule has 2 aliphatic heterocycles. The van der Waals surface area contributed by atoms with E-state index >= 15 is 0 Å². The van der Waals surface area contributed by atoms with Gasteiger partial charge in [0.1, 0.15) is 12.4 Å². The fourth-order valence-electron chi connectivity index (χ4n) is 4.12. The molecule has 1 aromatic carbocycles. The summed E-state index contributed by atoms with van der Waals surface area (Å²) in [5.74, 6) is 1.23. The molecule has 0 N–H and O–H groups in total. The minimum atomic E-state index is -0.482. The second kappa shape index (κ2) is 8.52. The van der Waals surface area contributed by atoms with Gasteiger partial charge in [0, 0.05) is 39.3 Å². The number of benzene rings is 1. The van der Waals surface area contributed by atoms with E-state index in [0.29, 0.717) is 45.1 Å². The lowest BCUT2D eigenvalue weighted by Gasteiger charge is -2.51. The van der Waals surface area contributed by atoms with E-state index in [0.717, 1.165) is 18.7 Å². The van der Waals surface area contributed by atoms with Crippen LogP contribution in [0.4, 0.5) is 0 Å². The molecule has 0 saturated carbocycles. The molecule has 0 aliphatic carbocycles. The van der Waals surface area contributed by atoms with Crippen LogP contribution in [0.15, 0.2) is 47.1 Å². The number of ether oxygens (including phenoxy) is 1. The van der Waals surface area contributed by atoms with Crippen LogP contribution in [-0.4, -0.2) is 77.9 Å². The third kappa shape index (κ3) is 4.07. The molecule has 3 heterocycles. The van der Waals surface area contributed by atoms with Crippen molar-refractivity contribution in [1.82, 2.24) is 14.7 Å². The van der Waals surface area contributed by atoms with Crippen molar-refractivity contribution in [2.75, 3.05) is 45.9 Å². The number of hydrogen-bond acceptors (Lipinski definition) is 5. The summed E-state index contributed by atoms with van der Waals surface area (Å²) in [5.41, 5.74) is 0.721. The summed E-state index contributed by atoms with van der Waals surface area (Å²) in [6, 6.07) is 11.4. The van der Waals surface area contributed by atoms with E-state index in [1.54, 1.807) is 17.0 Å². The van der Waals surface area contributed by atoms with E-state index in [9.17, 15) is 9.59 Å². The van der Waals surface area contributed by atoms with Gasteiger partial charge in [0.15, 0.2) is 5.76 Å². The fraction of sp³-hybridized carbons (Fsp3) is 0.478. The summed E-state index contributed by atoms with van der Waals surface area (Å²) in [6.45, 7) is 8.39. The Morgan fingerprint density at radius 3 is 2.33 bits per heavy atom. The van der Waals surface area contributed by atoms with Crippen LogP contribution in [0.1, 0.15) is 29.5 Å². The van der Waals surface area contributed by atoms with Gasteiger partial charge in [0.05, 0.1) is 11.8 Å². The van der Waals surface area contributed by atoms with E-state index < -0.39 is 5.54 Å². The number of nitrogens with zero attached hydrogens (tertiary/aromatic N) is 3. The van der Waals surface area contributed by atoms with Gasteiger partial charge in [0.2, 0.25) is 5.91 Å². The molecule has 7 heteroatoms. The second-order valence-corrected chi connectivity index (χ2v) is 8.23. The quantitative estimate of drug-likeness (QED) is 0.730. The highest BCUT2D eigenvalue weighted by atomic mass is 16.5. The van der Waals surface area contributed by atoms with Crippen LogP contribution >= 0.6 is 0 Å². The van der Waals surface area contributed by atoms with Crippen molar-refractivity contribution in [3.8, 4) is 5.75 Å². The molecule has 2 aromatic rings. The molecule has 30 heavy (non-hydrogen) atoms. The van der Waals surface area contributed by atoms with Crippen molar-refractivity contribution in [2.24, 2.45) is 0 Å². The van der Waals surface area contributed by atoms with Crippen molar-refractivity contribution >= 4 is 11.8 Å². The summed E-state index contributed by atoms with van der Waals surface area (Å²) < 4.78 is 11.0. The molecule has 2 aliphatic rings. The number of amides is 2. The van der Waals surface area contributed by atoms with Crippen molar-refractivity contribution in [3.63, 3.8) is 0 Å². The van der Waals surface area contributed by atoms with Crippen LogP contribution in [0.5, 0.6) is 5.75 Å². The minimum absolute atomic E-state index is 0.114. The summed E-state index contributed by atoms with van der Waals surface area (Å²) in [4.78, 5) is 31.5. The second-order valence-electron chi connectivity index (χ2n) is 8.23. The molecule has 1 aromatic heterocycles. The normalized spacial score (nSPS) is 21.9. The molecular weight excluding hydrogens is 382 g/mol. The van der Waals surface area contributed by atoms with E-state index in [1.165, 1.54) is 11.8 Å². The number of likely N-dealkylation sites (tertiary alicyclic amines) is 1. The van der Waals surface area contributed by atoms with Gasteiger partial charge < -0.3 is 19.0 Å². The van der Waals surface area contributed by atoms with E-state index in [-0.39, 0.29) is 11.8 Å². The molecule has 0 spiro atoms. The molecule has 2 fully saturated rings. The van der Waals surface area contributed by atoms with Crippen molar-refractivity contribution in [1.29, 1.82) is 0 Å². The lowest BCUT2D eigenvalue weighted by Crippen LogP contribution is -2.68. The lowest BCUT2D eigenvalue weighted by molar-refractivity contribution is -0.154. The number of piperazine rings is 1. The number of aryl methyl sites for hydroxylation is 1. The van der Waals surface area contributed by atoms with Crippen LogP contribution in [0.3, 0.4) is 0 Å². The number of hydrogen-bond donors (Lipinski definition) is 0. The Balaban J connectivity index is 1.26. The van der Waals surface area contributed by atoms with Crippen LogP contribution in [0, 0.1) is 6.92 Å². The minimum Gasteiger partial charge on any atom is -0.492 e. The van der Waals surface area contributed by atoms with Crippen molar-refractivity contribution in [2.45, 2.75) is 25.8 Å². The highest BCUT2D eigenvalue weighted by Crippen LogP contribution is 2.32. The first-order valence-corrected chi connectivity index (χ1v) is 10.5. The average Bonchev–Trinajstić information content (AvgIpc) is 3.30. The van der Waals surface area contributed by atoms with Gasteiger partial charge in [-0.1, -0.05) is 17.7 Å². The van der Waals surface area contributed by atoms with Crippen LogP contribution in [0.25, 0.3) is 0 Å². The highest BCUT2D eigenvalue weighted by molar-refractivity contribution is 5.92. The monoisotopic (exact) mass is 411 g/mol. The predicted octanol–water partition coefficient (Wildman–Crippen LogP) is 2.42. The maximum atomic E-state index is 13.2. The third-order valence-electron chi connectivity index (χ3n) is 6.26. The SMILES string of the molecule is Cc1ccc(OCCN2CCC2(C)C(=O)N2CCN(C(=O)c3ccco3)CC2)cc1. The van der Waals surface area contributed by atoms with Crippen LogP contribution in [0.2, 0.25) is 0 Å². The fourth-order valence-corrected chi connectivity index (χ4v) is 4.12. The zero-order valence-corrected chi connectivity index (χ0v) is 17.7. The Kier molecular flexibility index (Phi) is 5.81. The van der Waals surface area contributed by atoms with Gasteiger partial charge in [-0.15, -0.1) is 0 Å². The molecule has 0 bridgehead atoms. The Labute approximate surface area is 177 Å². The van der Waals surface area contributed by atoms with E-state index in [2.05, 4.69) is 4.90 Å². The van der Waals surface area contributed by atoms with Crippen molar-refractivity contribution < 1.29 is 18.7 Å². The van der Waals surface area contributed by atoms with E-state index in [4.69, 9.17) is 9.15 Å². The molecule has 2 amide bonds. The Morgan fingerprint density at radius 2 is 1.73 bits per heavy atom. The maximum absolute atomic E-state index is 13.2. The van der Waals surface area contributed by atoms with Gasteiger partial charge in [-0.25, -0.2) is 0 Å². The highest BCUT2D eigenvalue weighted by Gasteiger charge is 2.48. The summed E-state index contributed by atoms with van der Waals surface area (Å²) in [5, 5.41) is 0. The first-order valence-electron chi connectivity index (χ1n) is 10.5. The first-order chi connectivity index (χ1) is 14.5. The summed E-state index contributed by atoms with van der Waals surface area (Å²) in [7, 11) is 0. The van der Waals surface area contributed by atoms with Crippen LogP contribution < -0.4 is 4.74 Å². The van der Waals surface area contributed by atoms with Gasteiger partial charge in [-0.05, 0) is 44.5 Å². The molecule has 1 unspecified atom stereocenters. The molecule has 4 rings (SSSR count). The van der Waals surface area contributed by atoms with Crippen molar-refractivity contribution in [3.05, 3.63) is 54.0 Å². The Hall–Kier alpha value is -2.80. The molecular formula is C23H29N3O4. The largest absolute Gasteiger partial charge is 0.492 e. The first kappa shape index (κ1) is 20.5. The third-order valence-corrected chi connectivity index (χ3v) is 6.26. The zero-order valence-electron chi connectivity index (χ0n) is 17.7. The summed E-state index contributed by atoms with van der Waals surface area (Å²) in [6.07, 6.45) is 2.35. The lowest BCUT2D eigenvalue weighted by atomic mass is 9.85. The Morgan fingerprint density at radius 1 is 1.03 bits per heavy atom. The smallest absolute Gasteiger partial charge is 0.289 e. The zero-order chi connectivity index (χ0) is 21.1. The topological polar surface area (TPSA) is 66.2 Å². The molecule has 0 radical (unpaired) electrons. The molecule has 7 nitrogen and oxygen atoms in total. The summed E-state index contributed by atoms with van der Waals surface area (Å²) >= 11 is 0. The van der Waals surface area contributed by atoms with Crippen LogP contribution in [-0.2, 0) is 4.79 Å². The van der Waals surface area contributed by atoms with Gasteiger partial charge in [-0.2, -0.15) is 0 Å². The average molecular weight is 412 g/mol. The van der Waals surface area contributed by atoms with E-state index in [1.807, 2.05) is 43.0 Å².